The number of rotatable bonds is 8. The monoisotopic (exact) mass is 343 g/mol. The maximum absolute atomic E-state index is 5.26. The van der Waals surface area contributed by atoms with Gasteiger partial charge in [0.25, 0.3) is 0 Å². The van der Waals surface area contributed by atoms with Gasteiger partial charge in [-0.1, -0.05) is 50.2 Å². The molecule has 1 aromatic carbocycles. The van der Waals surface area contributed by atoms with Gasteiger partial charge in [0.1, 0.15) is 0 Å². The Morgan fingerprint density at radius 3 is 2.60 bits per heavy atom. The van der Waals surface area contributed by atoms with Crippen LogP contribution in [0.4, 0.5) is 0 Å². The van der Waals surface area contributed by atoms with Crippen LogP contribution in [0.15, 0.2) is 33.8 Å². The minimum Gasteiger partial charge on any atom is -0.356 e. The molecular weight excluding hydrogens is 314 g/mol. The highest BCUT2D eigenvalue weighted by atomic mass is 16.5. The second-order valence-electron chi connectivity index (χ2n) is 6.28. The predicted octanol–water partition coefficient (Wildman–Crippen LogP) is 3.05. The van der Waals surface area contributed by atoms with Crippen LogP contribution in [0.3, 0.4) is 0 Å². The van der Waals surface area contributed by atoms with Crippen molar-refractivity contribution in [1.29, 1.82) is 0 Å². The molecule has 136 valence electrons. The van der Waals surface area contributed by atoms with E-state index in [1.165, 1.54) is 11.1 Å². The minimum atomic E-state index is 0.296. The van der Waals surface area contributed by atoms with E-state index in [4.69, 9.17) is 4.52 Å². The van der Waals surface area contributed by atoms with Gasteiger partial charge in [-0.2, -0.15) is 4.98 Å². The molecule has 2 rings (SSSR count). The number of hydrogen-bond donors (Lipinski definition) is 2. The molecule has 0 aliphatic rings. The largest absolute Gasteiger partial charge is 0.356 e. The van der Waals surface area contributed by atoms with E-state index in [1.807, 2.05) is 0 Å². The van der Waals surface area contributed by atoms with E-state index in [9.17, 15) is 0 Å². The molecule has 2 aromatic rings. The molecule has 0 aliphatic carbocycles. The van der Waals surface area contributed by atoms with Crippen LogP contribution in [-0.2, 0) is 19.4 Å². The van der Waals surface area contributed by atoms with Gasteiger partial charge in [-0.3, -0.25) is 4.99 Å². The van der Waals surface area contributed by atoms with E-state index >= 15 is 0 Å². The SMILES string of the molecule is CCc1ccccc1CNC(=NC)NCCCc1nc(C(C)C)no1. The summed E-state index contributed by atoms with van der Waals surface area (Å²) in [7, 11) is 1.79. The molecule has 6 heteroatoms. The average molecular weight is 343 g/mol. The summed E-state index contributed by atoms with van der Waals surface area (Å²) < 4.78 is 5.26. The van der Waals surface area contributed by atoms with Gasteiger partial charge in [0.05, 0.1) is 0 Å². The lowest BCUT2D eigenvalue weighted by atomic mass is 10.1. The first-order chi connectivity index (χ1) is 12.1. The Balaban J connectivity index is 1.73. The summed E-state index contributed by atoms with van der Waals surface area (Å²) in [6.45, 7) is 7.86. The Morgan fingerprint density at radius 2 is 1.96 bits per heavy atom. The van der Waals surface area contributed by atoms with Crippen molar-refractivity contribution >= 4 is 5.96 Å². The van der Waals surface area contributed by atoms with E-state index < -0.39 is 0 Å². The van der Waals surface area contributed by atoms with Crippen LogP contribution >= 0.6 is 0 Å². The number of guanidine groups is 1. The summed E-state index contributed by atoms with van der Waals surface area (Å²) in [6, 6.07) is 8.48. The average Bonchev–Trinajstić information content (AvgIpc) is 3.10. The first-order valence-electron chi connectivity index (χ1n) is 8.97. The van der Waals surface area contributed by atoms with Crippen molar-refractivity contribution in [2.75, 3.05) is 13.6 Å². The summed E-state index contributed by atoms with van der Waals surface area (Å²) >= 11 is 0. The highest BCUT2D eigenvalue weighted by Crippen LogP contribution is 2.10. The lowest BCUT2D eigenvalue weighted by Crippen LogP contribution is -2.37. The molecule has 0 bridgehead atoms. The van der Waals surface area contributed by atoms with Gasteiger partial charge in [-0.25, -0.2) is 0 Å². The second kappa shape index (κ2) is 9.81. The van der Waals surface area contributed by atoms with Crippen molar-refractivity contribution in [2.45, 2.75) is 52.5 Å². The van der Waals surface area contributed by atoms with Crippen LogP contribution in [0.2, 0.25) is 0 Å². The Morgan fingerprint density at radius 1 is 1.20 bits per heavy atom. The molecule has 1 aromatic heterocycles. The van der Waals surface area contributed by atoms with Gasteiger partial charge in [0.15, 0.2) is 11.8 Å². The molecule has 25 heavy (non-hydrogen) atoms. The standard InChI is InChI=1S/C19H29N5O/c1-5-15-9-6-7-10-16(15)13-22-19(20-4)21-12-8-11-17-23-18(14(2)3)24-25-17/h6-7,9-10,14H,5,8,11-13H2,1-4H3,(H2,20,21,22). The van der Waals surface area contributed by atoms with Crippen LogP contribution in [0.25, 0.3) is 0 Å². The number of nitrogens with one attached hydrogen (secondary N) is 2. The molecule has 0 aliphatic heterocycles. The van der Waals surface area contributed by atoms with Crippen LogP contribution in [0.5, 0.6) is 0 Å². The first-order valence-corrected chi connectivity index (χ1v) is 8.97. The lowest BCUT2D eigenvalue weighted by molar-refractivity contribution is 0.368. The van der Waals surface area contributed by atoms with Crippen LogP contribution in [-0.4, -0.2) is 29.7 Å². The normalized spacial score (nSPS) is 11.8. The maximum atomic E-state index is 5.26. The fraction of sp³-hybridized carbons (Fsp3) is 0.526. The molecular formula is C19H29N5O. The number of aliphatic imine (C=N–C) groups is 1. The van der Waals surface area contributed by atoms with E-state index in [0.717, 1.165) is 44.1 Å². The Bertz CT molecular complexity index is 678. The van der Waals surface area contributed by atoms with Crippen LogP contribution in [0, 0.1) is 0 Å². The third kappa shape index (κ3) is 5.89. The number of aromatic nitrogens is 2. The molecule has 0 radical (unpaired) electrons. The van der Waals surface area contributed by atoms with Gasteiger partial charge in [0, 0.05) is 32.5 Å². The third-order valence-electron chi connectivity index (χ3n) is 4.03. The van der Waals surface area contributed by atoms with Crippen molar-refractivity contribution in [3.8, 4) is 0 Å². The quantitative estimate of drug-likeness (QED) is 0.438. The third-order valence-corrected chi connectivity index (χ3v) is 4.03. The molecule has 1 heterocycles. The Hall–Kier alpha value is -2.37. The minimum absolute atomic E-state index is 0.296. The van der Waals surface area contributed by atoms with Gasteiger partial charge in [0.2, 0.25) is 5.89 Å². The summed E-state index contributed by atoms with van der Waals surface area (Å²) in [5, 5.41) is 10.7. The number of benzene rings is 1. The van der Waals surface area contributed by atoms with Crippen molar-refractivity contribution in [2.24, 2.45) is 4.99 Å². The van der Waals surface area contributed by atoms with Crippen molar-refractivity contribution in [3.63, 3.8) is 0 Å². The molecule has 2 N–H and O–H groups in total. The molecule has 0 atom stereocenters. The van der Waals surface area contributed by atoms with Crippen molar-refractivity contribution < 1.29 is 4.52 Å². The maximum Gasteiger partial charge on any atom is 0.226 e. The summed E-state index contributed by atoms with van der Waals surface area (Å²) in [5.41, 5.74) is 2.67. The lowest BCUT2D eigenvalue weighted by Gasteiger charge is -2.13. The Kier molecular flexibility index (Phi) is 7.44. The fourth-order valence-electron chi connectivity index (χ4n) is 2.52. The zero-order chi connectivity index (χ0) is 18.1. The molecule has 0 spiro atoms. The smallest absolute Gasteiger partial charge is 0.226 e. The van der Waals surface area contributed by atoms with Crippen molar-refractivity contribution in [3.05, 3.63) is 47.1 Å². The first kappa shape index (κ1) is 19.0. The Labute approximate surface area is 150 Å². The van der Waals surface area contributed by atoms with Gasteiger partial charge in [-0.15, -0.1) is 0 Å². The molecule has 0 fully saturated rings. The second-order valence-corrected chi connectivity index (χ2v) is 6.28. The number of hydrogen-bond acceptors (Lipinski definition) is 4. The van der Waals surface area contributed by atoms with Gasteiger partial charge in [-0.05, 0) is 24.0 Å². The zero-order valence-electron chi connectivity index (χ0n) is 15.7. The molecule has 0 saturated heterocycles. The highest BCUT2D eigenvalue weighted by molar-refractivity contribution is 5.79. The van der Waals surface area contributed by atoms with Gasteiger partial charge >= 0.3 is 0 Å². The summed E-state index contributed by atoms with van der Waals surface area (Å²) in [5.74, 6) is 2.57. The molecule has 0 amide bonds. The van der Waals surface area contributed by atoms with Crippen LogP contribution < -0.4 is 10.6 Å². The van der Waals surface area contributed by atoms with E-state index in [2.05, 4.69) is 70.8 Å². The van der Waals surface area contributed by atoms with E-state index in [1.54, 1.807) is 7.05 Å². The zero-order valence-corrected chi connectivity index (χ0v) is 15.7. The summed E-state index contributed by atoms with van der Waals surface area (Å²) in [6.07, 6.45) is 2.71. The highest BCUT2D eigenvalue weighted by Gasteiger charge is 2.09. The van der Waals surface area contributed by atoms with Gasteiger partial charge < -0.3 is 15.2 Å². The number of aryl methyl sites for hydroxylation is 2. The van der Waals surface area contributed by atoms with E-state index in [-0.39, 0.29) is 0 Å². The van der Waals surface area contributed by atoms with E-state index in [0.29, 0.717) is 11.8 Å². The predicted molar refractivity (Wildman–Crippen MR) is 101 cm³/mol. The molecule has 0 unspecified atom stereocenters. The molecule has 6 nitrogen and oxygen atoms in total. The molecule has 0 saturated carbocycles. The summed E-state index contributed by atoms with van der Waals surface area (Å²) in [4.78, 5) is 8.66. The fourth-order valence-corrected chi connectivity index (χ4v) is 2.52. The van der Waals surface area contributed by atoms with Crippen molar-refractivity contribution in [1.82, 2.24) is 20.8 Å². The number of nitrogens with zero attached hydrogens (tertiary/aromatic N) is 3. The van der Waals surface area contributed by atoms with Crippen LogP contribution in [0.1, 0.15) is 56.0 Å². The topological polar surface area (TPSA) is 75.3 Å².